The maximum absolute atomic E-state index is 13.1. The Morgan fingerprint density at radius 1 is 0.952 bits per heavy atom. The van der Waals surface area contributed by atoms with E-state index in [1.165, 1.54) is 23.1 Å². The molecule has 0 bridgehead atoms. The van der Waals surface area contributed by atoms with Crippen LogP contribution in [0.1, 0.15) is 18.4 Å². The number of aliphatic hydroxyl groups is 1. The molecule has 3 heteroatoms. The number of aliphatic hydroxyl groups excluding tert-OH is 1. The van der Waals surface area contributed by atoms with Gasteiger partial charge in [-0.1, -0.05) is 18.2 Å². The first kappa shape index (κ1) is 13.8. The number of unbranched alkanes of at least 4 members (excludes halogenated alkanes) is 1. The molecule has 108 valence electrons. The molecule has 3 rings (SSSR count). The molecule has 0 spiro atoms. The molecule has 0 aliphatic carbocycles. The number of para-hydroxylation sites is 1. The minimum atomic E-state index is -0.224. The van der Waals surface area contributed by atoms with Gasteiger partial charge in [-0.3, -0.25) is 0 Å². The minimum absolute atomic E-state index is 0.224. The van der Waals surface area contributed by atoms with Gasteiger partial charge in [0.2, 0.25) is 0 Å². The van der Waals surface area contributed by atoms with Crippen LogP contribution in [0.3, 0.4) is 0 Å². The fraction of sp³-hybridized carbons (Fsp3) is 0.222. The van der Waals surface area contributed by atoms with Crippen molar-refractivity contribution >= 4 is 10.9 Å². The standard InChI is InChI=1S/C18H18FNO/c19-15-8-10-16(11-9-15)20-13-14(5-3-4-12-21)17-6-1-2-7-18(17)20/h1-2,6-11,13,21H,3-5,12H2. The molecule has 0 unspecified atom stereocenters. The lowest BCUT2D eigenvalue weighted by Crippen LogP contribution is -1.92. The maximum atomic E-state index is 13.1. The van der Waals surface area contributed by atoms with Crippen LogP contribution in [0.2, 0.25) is 0 Å². The zero-order valence-electron chi connectivity index (χ0n) is 11.8. The molecule has 2 aromatic carbocycles. The van der Waals surface area contributed by atoms with Crippen LogP contribution in [-0.2, 0) is 6.42 Å². The molecule has 2 nitrogen and oxygen atoms in total. The summed E-state index contributed by atoms with van der Waals surface area (Å²) in [5.41, 5.74) is 3.35. The summed E-state index contributed by atoms with van der Waals surface area (Å²) in [5, 5.41) is 10.1. The van der Waals surface area contributed by atoms with Crippen molar-refractivity contribution in [2.75, 3.05) is 6.61 Å². The molecule has 1 aromatic heterocycles. The van der Waals surface area contributed by atoms with Crippen LogP contribution >= 0.6 is 0 Å². The Morgan fingerprint density at radius 2 is 1.71 bits per heavy atom. The average molecular weight is 283 g/mol. The Kier molecular flexibility index (Phi) is 4.02. The SMILES string of the molecule is OCCCCc1cn(-c2ccc(F)cc2)c2ccccc12. The third kappa shape index (κ3) is 2.83. The molecule has 0 saturated carbocycles. The zero-order chi connectivity index (χ0) is 14.7. The smallest absolute Gasteiger partial charge is 0.123 e. The molecule has 0 amide bonds. The number of rotatable bonds is 5. The molecule has 3 aromatic rings. The first-order chi connectivity index (χ1) is 10.3. The van der Waals surface area contributed by atoms with Gasteiger partial charge in [-0.2, -0.15) is 0 Å². The van der Waals surface area contributed by atoms with Gasteiger partial charge in [0.05, 0.1) is 5.52 Å². The van der Waals surface area contributed by atoms with Gasteiger partial charge in [-0.05, 0) is 55.2 Å². The van der Waals surface area contributed by atoms with E-state index in [9.17, 15) is 4.39 Å². The van der Waals surface area contributed by atoms with Crippen molar-refractivity contribution in [3.63, 3.8) is 0 Å². The van der Waals surface area contributed by atoms with Gasteiger partial charge in [-0.15, -0.1) is 0 Å². The molecule has 0 aliphatic rings. The van der Waals surface area contributed by atoms with Crippen LogP contribution in [0, 0.1) is 5.82 Å². The van der Waals surface area contributed by atoms with Gasteiger partial charge < -0.3 is 9.67 Å². The third-order valence-electron chi connectivity index (χ3n) is 3.75. The van der Waals surface area contributed by atoms with Crippen molar-refractivity contribution in [3.05, 3.63) is 66.1 Å². The number of nitrogens with zero attached hydrogens (tertiary/aromatic N) is 1. The Labute approximate surface area is 123 Å². The highest BCUT2D eigenvalue weighted by Gasteiger charge is 2.09. The van der Waals surface area contributed by atoms with Crippen LogP contribution in [0.4, 0.5) is 4.39 Å². The number of fused-ring (bicyclic) bond motifs is 1. The molecular weight excluding hydrogens is 265 g/mol. The lowest BCUT2D eigenvalue weighted by Gasteiger charge is -2.04. The Balaban J connectivity index is 2.04. The van der Waals surface area contributed by atoms with Gasteiger partial charge in [0.25, 0.3) is 0 Å². The lowest BCUT2D eigenvalue weighted by atomic mass is 10.1. The first-order valence-corrected chi connectivity index (χ1v) is 7.25. The van der Waals surface area contributed by atoms with Crippen molar-refractivity contribution in [2.45, 2.75) is 19.3 Å². The predicted molar refractivity (Wildman–Crippen MR) is 83.3 cm³/mol. The van der Waals surface area contributed by atoms with Crippen molar-refractivity contribution in [1.82, 2.24) is 4.57 Å². The van der Waals surface area contributed by atoms with Crippen LogP contribution < -0.4 is 0 Å². The number of aromatic nitrogens is 1. The largest absolute Gasteiger partial charge is 0.396 e. The number of halogens is 1. The molecular formula is C18H18FNO. The molecule has 21 heavy (non-hydrogen) atoms. The van der Waals surface area contributed by atoms with Crippen LogP contribution in [-0.4, -0.2) is 16.3 Å². The van der Waals surface area contributed by atoms with E-state index in [1.807, 2.05) is 12.1 Å². The second-order valence-corrected chi connectivity index (χ2v) is 5.20. The van der Waals surface area contributed by atoms with E-state index in [4.69, 9.17) is 5.11 Å². The average Bonchev–Trinajstić information content (AvgIpc) is 2.88. The fourth-order valence-corrected chi connectivity index (χ4v) is 2.69. The number of hydrogen-bond acceptors (Lipinski definition) is 1. The van der Waals surface area contributed by atoms with Crippen molar-refractivity contribution in [2.24, 2.45) is 0 Å². The number of aryl methyl sites for hydroxylation is 1. The van der Waals surface area contributed by atoms with Gasteiger partial charge >= 0.3 is 0 Å². The van der Waals surface area contributed by atoms with Gasteiger partial charge in [0.15, 0.2) is 0 Å². The van der Waals surface area contributed by atoms with E-state index in [0.717, 1.165) is 30.5 Å². The zero-order valence-corrected chi connectivity index (χ0v) is 11.8. The summed E-state index contributed by atoms with van der Waals surface area (Å²) >= 11 is 0. The maximum Gasteiger partial charge on any atom is 0.123 e. The summed E-state index contributed by atoms with van der Waals surface area (Å²) < 4.78 is 15.2. The number of benzene rings is 2. The molecule has 0 aliphatic heterocycles. The van der Waals surface area contributed by atoms with E-state index in [2.05, 4.69) is 22.9 Å². The van der Waals surface area contributed by atoms with Crippen molar-refractivity contribution in [3.8, 4) is 5.69 Å². The monoisotopic (exact) mass is 283 g/mol. The van der Waals surface area contributed by atoms with Gasteiger partial charge in [-0.25, -0.2) is 4.39 Å². The second kappa shape index (κ2) is 6.10. The van der Waals surface area contributed by atoms with E-state index >= 15 is 0 Å². The molecule has 0 radical (unpaired) electrons. The van der Waals surface area contributed by atoms with Gasteiger partial charge in [0, 0.05) is 23.9 Å². The third-order valence-corrected chi connectivity index (χ3v) is 3.75. The summed E-state index contributed by atoms with van der Waals surface area (Å²) in [6.45, 7) is 0.233. The summed E-state index contributed by atoms with van der Waals surface area (Å²) in [6.07, 6.45) is 4.84. The normalized spacial score (nSPS) is 11.1. The Hall–Kier alpha value is -2.13. The van der Waals surface area contributed by atoms with Crippen LogP contribution in [0.15, 0.2) is 54.7 Å². The van der Waals surface area contributed by atoms with E-state index in [-0.39, 0.29) is 12.4 Å². The van der Waals surface area contributed by atoms with E-state index < -0.39 is 0 Å². The first-order valence-electron chi connectivity index (χ1n) is 7.25. The van der Waals surface area contributed by atoms with Gasteiger partial charge in [0.1, 0.15) is 5.82 Å². The highest BCUT2D eigenvalue weighted by Crippen LogP contribution is 2.26. The minimum Gasteiger partial charge on any atom is -0.396 e. The molecule has 1 heterocycles. The predicted octanol–water partition coefficient (Wildman–Crippen LogP) is 4.08. The van der Waals surface area contributed by atoms with Crippen molar-refractivity contribution < 1.29 is 9.50 Å². The van der Waals surface area contributed by atoms with E-state index in [0.29, 0.717) is 0 Å². The molecule has 1 N–H and O–H groups in total. The summed E-state index contributed by atoms with van der Waals surface area (Å²) in [7, 11) is 0. The van der Waals surface area contributed by atoms with Crippen LogP contribution in [0.5, 0.6) is 0 Å². The lowest BCUT2D eigenvalue weighted by molar-refractivity contribution is 0.284. The summed E-state index contributed by atoms with van der Waals surface area (Å²) in [6, 6.07) is 14.8. The fourth-order valence-electron chi connectivity index (χ4n) is 2.69. The highest BCUT2D eigenvalue weighted by atomic mass is 19.1. The second-order valence-electron chi connectivity index (χ2n) is 5.20. The van der Waals surface area contributed by atoms with Crippen molar-refractivity contribution in [1.29, 1.82) is 0 Å². The molecule has 0 fully saturated rings. The quantitative estimate of drug-likeness (QED) is 0.701. The topological polar surface area (TPSA) is 25.2 Å². The molecule has 0 atom stereocenters. The van der Waals surface area contributed by atoms with Crippen LogP contribution in [0.25, 0.3) is 16.6 Å². The summed E-state index contributed by atoms with van der Waals surface area (Å²) in [4.78, 5) is 0. The summed E-state index contributed by atoms with van der Waals surface area (Å²) in [5.74, 6) is -0.224. The van der Waals surface area contributed by atoms with E-state index in [1.54, 1.807) is 12.1 Å². The highest BCUT2D eigenvalue weighted by molar-refractivity contribution is 5.85. The number of hydrogen-bond donors (Lipinski definition) is 1. The Morgan fingerprint density at radius 3 is 2.48 bits per heavy atom. The Bertz CT molecular complexity index is 731. The molecule has 0 saturated heterocycles.